The summed E-state index contributed by atoms with van der Waals surface area (Å²) in [6.45, 7) is 1.73. The Hall–Kier alpha value is -2.87. The first-order valence-corrected chi connectivity index (χ1v) is 9.33. The Morgan fingerprint density at radius 2 is 2.00 bits per heavy atom. The van der Waals surface area contributed by atoms with Crippen LogP contribution in [0.3, 0.4) is 0 Å². The van der Waals surface area contributed by atoms with Gasteiger partial charge in [-0.3, -0.25) is 14.5 Å². The van der Waals surface area contributed by atoms with E-state index in [4.69, 9.17) is 0 Å². The van der Waals surface area contributed by atoms with Gasteiger partial charge in [-0.25, -0.2) is 4.79 Å². The first-order valence-electron chi connectivity index (χ1n) is 8.39. The second-order valence-corrected chi connectivity index (χ2v) is 6.63. The molecule has 2 aromatic rings. The van der Waals surface area contributed by atoms with Gasteiger partial charge in [-0.15, -0.1) is 0 Å². The summed E-state index contributed by atoms with van der Waals surface area (Å²) < 4.78 is 0. The molecule has 1 aromatic heterocycles. The zero-order valence-corrected chi connectivity index (χ0v) is 15.0. The van der Waals surface area contributed by atoms with Crippen LogP contribution in [0.4, 0.5) is 16.2 Å². The molecular formula is C18H20N4O3S. The Bertz CT molecular complexity index is 774. The lowest BCUT2D eigenvalue weighted by molar-refractivity contribution is -0.116. The van der Waals surface area contributed by atoms with Gasteiger partial charge in [0.05, 0.1) is 0 Å². The average Bonchev–Trinajstić information content (AvgIpc) is 3.31. The van der Waals surface area contributed by atoms with Crippen LogP contribution in [0.2, 0.25) is 0 Å². The number of hydrogen-bond donors (Lipinski definition) is 3. The van der Waals surface area contributed by atoms with Crippen molar-refractivity contribution < 1.29 is 14.4 Å². The molecule has 0 spiro atoms. The monoisotopic (exact) mass is 372 g/mol. The molecule has 1 aliphatic rings. The molecule has 0 aliphatic carbocycles. The number of carbonyl (C=O) groups is 3. The second-order valence-electron chi connectivity index (χ2n) is 5.85. The molecule has 0 unspecified atom stereocenters. The number of amides is 4. The lowest BCUT2D eigenvalue weighted by Gasteiger charge is -2.14. The van der Waals surface area contributed by atoms with Gasteiger partial charge in [0, 0.05) is 48.4 Å². The van der Waals surface area contributed by atoms with Gasteiger partial charge in [0.2, 0.25) is 5.91 Å². The Kier molecular flexibility index (Phi) is 5.85. The molecule has 2 heterocycles. The smallest absolute Gasteiger partial charge is 0.321 e. The minimum absolute atomic E-state index is 0.105. The maximum atomic E-state index is 12.0. The van der Waals surface area contributed by atoms with Gasteiger partial charge in [-0.1, -0.05) is 0 Å². The van der Waals surface area contributed by atoms with Crippen LogP contribution >= 0.6 is 11.3 Å². The molecule has 4 amide bonds. The van der Waals surface area contributed by atoms with Gasteiger partial charge in [0.1, 0.15) is 0 Å². The first kappa shape index (κ1) is 17.9. The van der Waals surface area contributed by atoms with Crippen LogP contribution in [-0.2, 0) is 4.79 Å². The van der Waals surface area contributed by atoms with Gasteiger partial charge < -0.3 is 16.0 Å². The lowest BCUT2D eigenvalue weighted by Crippen LogP contribution is -2.27. The normalized spacial score (nSPS) is 13.4. The van der Waals surface area contributed by atoms with E-state index in [9.17, 15) is 14.4 Å². The van der Waals surface area contributed by atoms with E-state index in [1.165, 1.54) is 11.3 Å². The van der Waals surface area contributed by atoms with Crippen molar-refractivity contribution in [1.29, 1.82) is 0 Å². The van der Waals surface area contributed by atoms with Gasteiger partial charge >= 0.3 is 6.03 Å². The summed E-state index contributed by atoms with van der Waals surface area (Å²) in [4.78, 5) is 37.0. The van der Waals surface area contributed by atoms with E-state index in [0.29, 0.717) is 43.7 Å². The van der Waals surface area contributed by atoms with Crippen molar-refractivity contribution in [2.75, 3.05) is 29.9 Å². The maximum Gasteiger partial charge on any atom is 0.321 e. The first-order chi connectivity index (χ1) is 12.6. The molecule has 3 rings (SSSR count). The van der Waals surface area contributed by atoms with Crippen molar-refractivity contribution in [3.05, 3.63) is 46.7 Å². The molecule has 8 heteroatoms. The molecule has 0 bridgehead atoms. The summed E-state index contributed by atoms with van der Waals surface area (Å²) in [5.74, 6) is -0.227. The third-order valence-electron chi connectivity index (χ3n) is 3.97. The fourth-order valence-corrected chi connectivity index (χ4v) is 3.25. The van der Waals surface area contributed by atoms with Crippen LogP contribution in [0.1, 0.15) is 23.2 Å². The van der Waals surface area contributed by atoms with Gasteiger partial charge in [0.15, 0.2) is 0 Å². The number of thiophene rings is 1. The van der Waals surface area contributed by atoms with Crippen LogP contribution < -0.4 is 20.9 Å². The molecule has 1 aromatic carbocycles. The minimum atomic E-state index is -0.117. The van der Waals surface area contributed by atoms with Gasteiger partial charge in [-0.05, 0) is 42.1 Å². The quantitative estimate of drug-likeness (QED) is 0.652. The predicted molar refractivity (Wildman–Crippen MR) is 102 cm³/mol. The Morgan fingerprint density at radius 3 is 2.65 bits per heavy atom. The van der Waals surface area contributed by atoms with Gasteiger partial charge in [0.25, 0.3) is 5.91 Å². The molecule has 7 nitrogen and oxygen atoms in total. The molecule has 26 heavy (non-hydrogen) atoms. The Morgan fingerprint density at radius 1 is 1.19 bits per heavy atom. The number of carbonyl (C=O) groups excluding carboxylic acids is 3. The number of anilines is 2. The van der Waals surface area contributed by atoms with Crippen LogP contribution in [0.5, 0.6) is 0 Å². The van der Waals surface area contributed by atoms with E-state index in [1.807, 2.05) is 17.5 Å². The molecule has 0 atom stereocenters. The summed E-state index contributed by atoms with van der Waals surface area (Å²) in [6, 6.07) is 8.82. The number of hydrogen-bond acceptors (Lipinski definition) is 4. The maximum absolute atomic E-state index is 12.0. The van der Waals surface area contributed by atoms with Crippen molar-refractivity contribution in [1.82, 2.24) is 10.6 Å². The van der Waals surface area contributed by atoms with Crippen LogP contribution in [-0.4, -0.2) is 37.5 Å². The molecule has 0 saturated carbocycles. The summed E-state index contributed by atoms with van der Waals surface area (Å²) in [7, 11) is 0. The molecule has 3 N–H and O–H groups in total. The fraction of sp³-hybridized carbons (Fsp3) is 0.278. The van der Waals surface area contributed by atoms with E-state index in [2.05, 4.69) is 16.0 Å². The minimum Gasteiger partial charge on any atom is -0.352 e. The highest BCUT2D eigenvalue weighted by Gasteiger charge is 2.20. The standard InChI is InChI=1S/C18H20N4O3S/c23-16(2-1-8-19-17(24)13-7-11-26-12-13)21-14-3-5-15(6-4-14)22-10-9-20-18(22)25/h3-7,11-12H,1-2,8-10H2,(H,19,24)(H,20,25)(H,21,23). The zero-order chi connectivity index (χ0) is 18.4. The Balaban J connectivity index is 1.39. The molecule has 1 saturated heterocycles. The van der Waals surface area contributed by atoms with Crippen LogP contribution in [0, 0.1) is 0 Å². The van der Waals surface area contributed by atoms with Crippen molar-refractivity contribution in [3.8, 4) is 0 Å². The summed E-state index contributed by atoms with van der Waals surface area (Å²) in [5, 5.41) is 12.0. The average molecular weight is 372 g/mol. The predicted octanol–water partition coefficient (Wildman–Crippen LogP) is 2.43. The fourth-order valence-electron chi connectivity index (χ4n) is 2.61. The van der Waals surface area contributed by atoms with E-state index in [-0.39, 0.29) is 17.8 Å². The van der Waals surface area contributed by atoms with E-state index < -0.39 is 0 Å². The highest BCUT2D eigenvalue weighted by molar-refractivity contribution is 7.08. The Labute approximate surface area is 155 Å². The van der Waals surface area contributed by atoms with Crippen molar-refractivity contribution in [2.24, 2.45) is 0 Å². The molecule has 1 fully saturated rings. The summed E-state index contributed by atoms with van der Waals surface area (Å²) in [6.07, 6.45) is 0.883. The second kappa shape index (κ2) is 8.48. The number of nitrogens with zero attached hydrogens (tertiary/aromatic N) is 1. The number of nitrogens with one attached hydrogen (secondary N) is 3. The number of rotatable bonds is 7. The highest BCUT2D eigenvalue weighted by atomic mass is 32.1. The van der Waals surface area contributed by atoms with E-state index >= 15 is 0 Å². The molecule has 136 valence electrons. The molecule has 1 aliphatic heterocycles. The van der Waals surface area contributed by atoms with E-state index in [1.54, 1.807) is 28.5 Å². The molecular weight excluding hydrogens is 352 g/mol. The number of urea groups is 1. The zero-order valence-electron chi connectivity index (χ0n) is 14.2. The van der Waals surface area contributed by atoms with E-state index in [0.717, 1.165) is 5.69 Å². The molecule has 0 radical (unpaired) electrons. The lowest BCUT2D eigenvalue weighted by atomic mass is 10.2. The highest BCUT2D eigenvalue weighted by Crippen LogP contribution is 2.19. The van der Waals surface area contributed by atoms with Crippen molar-refractivity contribution in [2.45, 2.75) is 12.8 Å². The van der Waals surface area contributed by atoms with Gasteiger partial charge in [-0.2, -0.15) is 11.3 Å². The summed E-state index contributed by atoms with van der Waals surface area (Å²) >= 11 is 1.47. The topological polar surface area (TPSA) is 90.5 Å². The summed E-state index contributed by atoms with van der Waals surface area (Å²) in [5.41, 5.74) is 2.13. The van der Waals surface area contributed by atoms with Crippen LogP contribution in [0.15, 0.2) is 41.1 Å². The van der Waals surface area contributed by atoms with Crippen molar-refractivity contribution in [3.63, 3.8) is 0 Å². The number of benzene rings is 1. The van der Waals surface area contributed by atoms with Crippen molar-refractivity contribution >= 4 is 40.6 Å². The largest absolute Gasteiger partial charge is 0.352 e. The SMILES string of the molecule is O=C(CCCNC(=O)c1ccsc1)Nc1ccc(N2CCNC2=O)cc1. The van der Waals surface area contributed by atoms with Crippen LogP contribution in [0.25, 0.3) is 0 Å². The third-order valence-corrected chi connectivity index (χ3v) is 4.65. The third kappa shape index (κ3) is 4.60.